The molecule has 0 aliphatic heterocycles. The Labute approximate surface area is 165 Å². The molecule has 1 N–H and O–H groups in total. The lowest BCUT2D eigenvalue weighted by molar-refractivity contribution is -0.121. The van der Waals surface area contributed by atoms with Crippen LogP contribution >= 0.6 is 11.8 Å². The summed E-state index contributed by atoms with van der Waals surface area (Å²) < 4.78 is 1.70. The lowest BCUT2D eigenvalue weighted by Crippen LogP contribution is -2.44. The molecule has 1 heterocycles. The topological polar surface area (TPSA) is 72.7 Å². The van der Waals surface area contributed by atoms with E-state index >= 15 is 0 Å². The van der Waals surface area contributed by atoms with E-state index in [0.29, 0.717) is 17.0 Å². The summed E-state index contributed by atoms with van der Waals surface area (Å²) >= 11 is 1.39. The molecule has 0 unspecified atom stereocenters. The number of tetrazole rings is 1. The second-order valence-electron chi connectivity index (χ2n) is 7.76. The first-order chi connectivity index (χ1) is 13.0. The van der Waals surface area contributed by atoms with E-state index in [1.54, 1.807) is 4.68 Å². The molecule has 2 aromatic rings. The Bertz CT molecular complexity index is 758. The van der Waals surface area contributed by atoms with Crippen LogP contribution in [0, 0.1) is 5.92 Å². The van der Waals surface area contributed by atoms with Gasteiger partial charge in [-0.2, -0.15) is 4.68 Å². The second kappa shape index (κ2) is 8.87. The Balaban J connectivity index is 1.65. The average molecular weight is 388 g/mol. The van der Waals surface area contributed by atoms with Crippen LogP contribution in [0.5, 0.6) is 0 Å². The lowest BCUT2D eigenvalue weighted by Gasteiger charge is -2.30. The second-order valence-corrected chi connectivity index (χ2v) is 9.06. The van der Waals surface area contributed by atoms with Crippen molar-refractivity contribution >= 4 is 17.7 Å². The highest BCUT2D eigenvalue weighted by Crippen LogP contribution is 2.26. The van der Waals surface area contributed by atoms with E-state index in [-0.39, 0.29) is 17.2 Å². The predicted molar refractivity (Wildman–Crippen MR) is 108 cm³/mol. The first-order valence-electron chi connectivity index (χ1n) is 9.81. The van der Waals surface area contributed by atoms with E-state index in [1.165, 1.54) is 36.6 Å². The molecule has 1 amide bonds. The van der Waals surface area contributed by atoms with E-state index in [0.717, 1.165) is 12.1 Å². The standard InChI is InChI=1S/C20H29N5OS/c1-13(2)16-9-11-17(12-10-16)25-20(22-23-24-25)27-15(4)19(26)21-18-8-6-5-7-14(18)3/h9-15,18H,5-8H2,1-4H3,(H,21,26)/t14-,15-,18-/m1/s1. The fourth-order valence-corrected chi connectivity index (χ4v) is 4.27. The molecule has 1 aliphatic carbocycles. The highest BCUT2D eigenvalue weighted by atomic mass is 32.2. The van der Waals surface area contributed by atoms with Crippen molar-refractivity contribution in [3.63, 3.8) is 0 Å². The molecule has 0 saturated heterocycles. The molecule has 1 aliphatic rings. The third-order valence-corrected chi connectivity index (χ3v) is 6.37. The van der Waals surface area contributed by atoms with Gasteiger partial charge in [-0.05, 0) is 59.7 Å². The molecule has 1 fully saturated rings. The third kappa shape index (κ3) is 4.89. The lowest BCUT2D eigenvalue weighted by atomic mass is 9.86. The number of rotatable bonds is 6. The van der Waals surface area contributed by atoms with Gasteiger partial charge in [-0.25, -0.2) is 0 Å². The molecule has 3 rings (SSSR count). The van der Waals surface area contributed by atoms with Crippen LogP contribution in [-0.2, 0) is 4.79 Å². The first-order valence-corrected chi connectivity index (χ1v) is 10.7. The van der Waals surface area contributed by atoms with Gasteiger partial charge in [0.1, 0.15) is 0 Å². The van der Waals surface area contributed by atoms with Gasteiger partial charge in [0.15, 0.2) is 0 Å². The van der Waals surface area contributed by atoms with E-state index in [9.17, 15) is 4.79 Å². The molecule has 27 heavy (non-hydrogen) atoms. The van der Waals surface area contributed by atoms with Gasteiger partial charge in [-0.1, -0.05) is 57.5 Å². The molecule has 0 bridgehead atoms. The zero-order chi connectivity index (χ0) is 19.4. The largest absolute Gasteiger partial charge is 0.352 e. The summed E-state index contributed by atoms with van der Waals surface area (Å²) in [6, 6.07) is 8.51. The molecular weight excluding hydrogens is 358 g/mol. The SMILES string of the molecule is CC(C)c1ccc(-n2nnnc2S[C@H](C)C(=O)N[C@@H]2CCCC[C@H]2C)cc1. The van der Waals surface area contributed by atoms with Gasteiger partial charge in [-0.15, -0.1) is 5.10 Å². The summed E-state index contributed by atoms with van der Waals surface area (Å²) in [5.41, 5.74) is 2.18. The fourth-order valence-electron chi connectivity index (χ4n) is 3.46. The predicted octanol–water partition coefficient (Wildman–Crippen LogP) is 3.96. The number of nitrogens with one attached hydrogen (secondary N) is 1. The van der Waals surface area contributed by atoms with Crippen molar-refractivity contribution in [2.45, 2.75) is 75.7 Å². The van der Waals surface area contributed by atoms with Gasteiger partial charge < -0.3 is 5.32 Å². The van der Waals surface area contributed by atoms with Crippen LogP contribution in [0.25, 0.3) is 5.69 Å². The minimum Gasteiger partial charge on any atom is -0.352 e. The summed E-state index contributed by atoms with van der Waals surface area (Å²) in [4.78, 5) is 12.6. The zero-order valence-electron chi connectivity index (χ0n) is 16.6. The van der Waals surface area contributed by atoms with E-state index in [4.69, 9.17) is 0 Å². The number of hydrogen-bond acceptors (Lipinski definition) is 5. The Morgan fingerprint density at radius 2 is 1.89 bits per heavy atom. The van der Waals surface area contributed by atoms with Gasteiger partial charge in [0.05, 0.1) is 10.9 Å². The highest BCUT2D eigenvalue weighted by Gasteiger charge is 2.26. The van der Waals surface area contributed by atoms with Gasteiger partial charge in [0.2, 0.25) is 11.1 Å². The zero-order valence-corrected chi connectivity index (χ0v) is 17.4. The van der Waals surface area contributed by atoms with Crippen LogP contribution in [0.4, 0.5) is 0 Å². The number of carbonyl (C=O) groups is 1. The van der Waals surface area contributed by atoms with Crippen LogP contribution in [0.15, 0.2) is 29.4 Å². The molecule has 0 spiro atoms. The molecule has 1 aromatic heterocycles. The third-order valence-electron chi connectivity index (χ3n) is 5.34. The van der Waals surface area contributed by atoms with Crippen LogP contribution < -0.4 is 5.32 Å². The maximum Gasteiger partial charge on any atom is 0.233 e. The summed E-state index contributed by atoms with van der Waals surface area (Å²) in [5, 5.41) is 15.6. The summed E-state index contributed by atoms with van der Waals surface area (Å²) in [5.74, 6) is 1.08. The Kier molecular flexibility index (Phi) is 6.52. The van der Waals surface area contributed by atoms with Gasteiger partial charge in [-0.3, -0.25) is 4.79 Å². The normalized spacial score (nSPS) is 21.2. The smallest absolute Gasteiger partial charge is 0.233 e. The molecule has 3 atom stereocenters. The van der Waals surface area contributed by atoms with Crippen molar-refractivity contribution < 1.29 is 4.79 Å². The minimum atomic E-state index is -0.251. The van der Waals surface area contributed by atoms with Crippen molar-refractivity contribution in [3.05, 3.63) is 29.8 Å². The minimum absolute atomic E-state index is 0.0588. The summed E-state index contributed by atoms with van der Waals surface area (Å²) in [7, 11) is 0. The highest BCUT2D eigenvalue weighted by molar-refractivity contribution is 8.00. The Morgan fingerprint density at radius 1 is 1.19 bits per heavy atom. The number of amides is 1. The maximum atomic E-state index is 12.6. The van der Waals surface area contributed by atoms with Crippen LogP contribution in [-0.4, -0.2) is 37.4 Å². The Hall–Kier alpha value is -1.89. The van der Waals surface area contributed by atoms with Gasteiger partial charge in [0.25, 0.3) is 0 Å². The average Bonchev–Trinajstić information content (AvgIpc) is 3.11. The molecule has 0 radical (unpaired) electrons. The first kappa shape index (κ1) is 19.9. The summed E-state index contributed by atoms with van der Waals surface area (Å²) in [6.45, 7) is 8.47. The van der Waals surface area contributed by atoms with Crippen molar-refractivity contribution in [1.82, 2.24) is 25.5 Å². The van der Waals surface area contributed by atoms with Crippen LogP contribution in [0.1, 0.15) is 64.9 Å². The van der Waals surface area contributed by atoms with Crippen molar-refractivity contribution in [1.29, 1.82) is 0 Å². The molecule has 146 valence electrons. The number of thioether (sulfide) groups is 1. The van der Waals surface area contributed by atoms with E-state index in [2.05, 4.69) is 53.7 Å². The number of nitrogens with zero attached hydrogens (tertiary/aromatic N) is 4. The number of aromatic nitrogens is 4. The fraction of sp³-hybridized carbons (Fsp3) is 0.600. The molecule has 1 aromatic carbocycles. The van der Waals surface area contributed by atoms with Crippen molar-refractivity contribution in [2.24, 2.45) is 5.92 Å². The van der Waals surface area contributed by atoms with Crippen LogP contribution in [0.3, 0.4) is 0 Å². The Morgan fingerprint density at radius 3 is 2.56 bits per heavy atom. The van der Waals surface area contributed by atoms with Gasteiger partial charge >= 0.3 is 0 Å². The molecule has 6 nitrogen and oxygen atoms in total. The van der Waals surface area contributed by atoms with Crippen molar-refractivity contribution in [3.8, 4) is 5.69 Å². The maximum absolute atomic E-state index is 12.6. The number of hydrogen-bond donors (Lipinski definition) is 1. The quantitative estimate of drug-likeness (QED) is 0.760. The van der Waals surface area contributed by atoms with E-state index in [1.807, 2.05) is 19.1 Å². The van der Waals surface area contributed by atoms with Gasteiger partial charge in [0, 0.05) is 6.04 Å². The molecular formula is C20H29N5OS. The summed E-state index contributed by atoms with van der Waals surface area (Å²) in [6.07, 6.45) is 4.73. The van der Waals surface area contributed by atoms with Crippen LogP contribution in [0.2, 0.25) is 0 Å². The number of benzene rings is 1. The number of carbonyl (C=O) groups excluding carboxylic acids is 1. The molecule has 1 saturated carbocycles. The van der Waals surface area contributed by atoms with E-state index < -0.39 is 0 Å². The van der Waals surface area contributed by atoms with Crippen molar-refractivity contribution in [2.75, 3.05) is 0 Å². The monoisotopic (exact) mass is 387 g/mol. The molecule has 7 heteroatoms.